The molecule has 1 atom stereocenters. The molecule has 9 heteroatoms. The molecule has 4 heterocycles. The van der Waals surface area contributed by atoms with Crippen LogP contribution in [0.2, 0.25) is 0 Å². The molecule has 0 unspecified atom stereocenters. The first-order valence-electron chi connectivity index (χ1n) is 9.51. The number of aryl methyl sites for hydroxylation is 1. The Kier molecular flexibility index (Phi) is 4.32. The number of urea groups is 1. The molecule has 0 aromatic carbocycles. The lowest BCUT2D eigenvalue weighted by Gasteiger charge is -2.47. The summed E-state index contributed by atoms with van der Waals surface area (Å²) in [5.41, 5.74) is 0.194. The minimum absolute atomic E-state index is 0.0377. The van der Waals surface area contributed by atoms with E-state index in [1.54, 1.807) is 26.9 Å². The summed E-state index contributed by atoms with van der Waals surface area (Å²) in [4.78, 5) is 44.9. The van der Waals surface area contributed by atoms with Gasteiger partial charge in [-0.25, -0.2) is 4.79 Å². The molecule has 0 saturated carbocycles. The fourth-order valence-electron chi connectivity index (χ4n) is 4.56. The van der Waals surface area contributed by atoms with E-state index < -0.39 is 5.54 Å². The maximum absolute atomic E-state index is 12.8. The molecule has 3 saturated heterocycles. The number of anilines is 1. The molecular weight excluding hydrogens is 348 g/mol. The normalized spacial score (nSPS) is 25.8. The molecule has 0 bridgehead atoms. The van der Waals surface area contributed by atoms with Crippen LogP contribution in [-0.4, -0.2) is 87.1 Å². The monoisotopic (exact) mass is 374 g/mol. The van der Waals surface area contributed by atoms with Gasteiger partial charge >= 0.3 is 6.03 Å². The third-order valence-electron chi connectivity index (χ3n) is 5.98. The molecule has 3 aliphatic heterocycles. The van der Waals surface area contributed by atoms with Crippen LogP contribution in [-0.2, 0) is 16.6 Å². The van der Waals surface area contributed by atoms with E-state index in [1.807, 2.05) is 16.8 Å². The van der Waals surface area contributed by atoms with Crippen molar-refractivity contribution in [2.24, 2.45) is 7.05 Å². The Morgan fingerprint density at radius 2 is 1.85 bits per heavy atom. The number of piperazine rings is 1. The van der Waals surface area contributed by atoms with Crippen LogP contribution < -0.4 is 4.90 Å². The van der Waals surface area contributed by atoms with Crippen molar-refractivity contribution in [1.29, 1.82) is 0 Å². The summed E-state index contributed by atoms with van der Waals surface area (Å²) in [7, 11) is 1.81. The van der Waals surface area contributed by atoms with Crippen LogP contribution in [0.1, 0.15) is 26.2 Å². The van der Waals surface area contributed by atoms with Gasteiger partial charge in [0, 0.05) is 46.3 Å². The molecule has 1 aromatic rings. The van der Waals surface area contributed by atoms with E-state index >= 15 is 0 Å². The number of amides is 4. The molecular formula is C18H26N6O3. The zero-order chi connectivity index (χ0) is 19.2. The summed E-state index contributed by atoms with van der Waals surface area (Å²) in [5.74, 6) is -0.238. The third-order valence-corrected chi connectivity index (χ3v) is 5.98. The van der Waals surface area contributed by atoms with Crippen molar-refractivity contribution < 1.29 is 14.4 Å². The zero-order valence-electron chi connectivity index (χ0n) is 15.9. The highest BCUT2D eigenvalue weighted by molar-refractivity contribution is 5.98. The third kappa shape index (κ3) is 3.04. The lowest BCUT2D eigenvalue weighted by molar-refractivity contribution is -0.142. The standard InChI is InChI=1S/C18H26N6O3/c1-14(25)24-11-16(26)23(15-9-19-20(2)10-15)13-18(24)5-8-22(12-18)17(27)21-6-3-4-7-21/h9-10H,3-8,11-13H2,1-2H3/t18-/m1/s1. The molecule has 27 heavy (non-hydrogen) atoms. The molecule has 1 aromatic heterocycles. The number of nitrogens with zero attached hydrogens (tertiary/aromatic N) is 6. The summed E-state index contributed by atoms with van der Waals surface area (Å²) in [6, 6.07) is 0.0534. The quantitative estimate of drug-likeness (QED) is 0.707. The Morgan fingerprint density at radius 3 is 2.48 bits per heavy atom. The molecule has 4 rings (SSSR count). The van der Waals surface area contributed by atoms with Gasteiger partial charge in [-0.3, -0.25) is 14.3 Å². The Balaban J connectivity index is 1.58. The number of carbonyl (C=O) groups is 3. The second-order valence-electron chi connectivity index (χ2n) is 7.83. The van der Waals surface area contributed by atoms with Gasteiger partial charge in [-0.2, -0.15) is 5.10 Å². The predicted octanol–water partition coefficient (Wildman–Crippen LogP) is 0.276. The average molecular weight is 374 g/mol. The van der Waals surface area contributed by atoms with Crippen molar-refractivity contribution in [3.8, 4) is 0 Å². The Labute approximate surface area is 158 Å². The van der Waals surface area contributed by atoms with Gasteiger partial charge in [0.1, 0.15) is 6.54 Å². The minimum atomic E-state index is -0.537. The van der Waals surface area contributed by atoms with Gasteiger partial charge < -0.3 is 19.6 Å². The van der Waals surface area contributed by atoms with Crippen molar-refractivity contribution in [2.75, 3.05) is 44.2 Å². The first-order chi connectivity index (χ1) is 12.9. The zero-order valence-corrected chi connectivity index (χ0v) is 15.9. The topological polar surface area (TPSA) is 82.0 Å². The van der Waals surface area contributed by atoms with Crippen molar-refractivity contribution in [1.82, 2.24) is 24.5 Å². The first kappa shape index (κ1) is 17.8. The average Bonchev–Trinajstić information content (AvgIpc) is 3.37. The van der Waals surface area contributed by atoms with E-state index in [0.717, 1.165) is 31.6 Å². The second kappa shape index (κ2) is 6.54. The summed E-state index contributed by atoms with van der Waals surface area (Å²) in [5, 5.41) is 4.16. The number of rotatable bonds is 1. The van der Waals surface area contributed by atoms with Crippen LogP contribution in [0.4, 0.5) is 10.5 Å². The van der Waals surface area contributed by atoms with Gasteiger partial charge in [-0.05, 0) is 19.3 Å². The van der Waals surface area contributed by atoms with Gasteiger partial charge in [0.2, 0.25) is 11.8 Å². The van der Waals surface area contributed by atoms with Crippen LogP contribution >= 0.6 is 0 Å². The molecule has 3 fully saturated rings. The largest absolute Gasteiger partial charge is 0.325 e. The number of carbonyl (C=O) groups excluding carboxylic acids is 3. The van der Waals surface area contributed by atoms with Crippen LogP contribution in [0.25, 0.3) is 0 Å². The van der Waals surface area contributed by atoms with Gasteiger partial charge in [-0.15, -0.1) is 0 Å². The van der Waals surface area contributed by atoms with Crippen LogP contribution in [0.5, 0.6) is 0 Å². The highest BCUT2D eigenvalue weighted by atomic mass is 16.2. The van der Waals surface area contributed by atoms with Crippen molar-refractivity contribution in [3.63, 3.8) is 0 Å². The summed E-state index contributed by atoms with van der Waals surface area (Å²) >= 11 is 0. The lowest BCUT2D eigenvalue weighted by Crippen LogP contribution is -2.67. The fraction of sp³-hybridized carbons (Fsp3) is 0.667. The summed E-state index contributed by atoms with van der Waals surface area (Å²) in [6.07, 6.45) is 6.24. The molecule has 1 spiro atoms. The molecule has 0 N–H and O–H groups in total. The maximum atomic E-state index is 12.8. The molecule has 146 valence electrons. The van der Waals surface area contributed by atoms with Crippen molar-refractivity contribution >= 4 is 23.5 Å². The summed E-state index contributed by atoms with van der Waals surface area (Å²) < 4.78 is 1.66. The van der Waals surface area contributed by atoms with Crippen molar-refractivity contribution in [2.45, 2.75) is 31.7 Å². The lowest BCUT2D eigenvalue weighted by atomic mass is 9.92. The Hall–Kier alpha value is -2.58. The molecule has 0 radical (unpaired) electrons. The highest BCUT2D eigenvalue weighted by Crippen LogP contribution is 2.35. The number of hydrogen-bond acceptors (Lipinski definition) is 4. The van der Waals surface area contributed by atoms with E-state index in [9.17, 15) is 14.4 Å². The van der Waals surface area contributed by atoms with Gasteiger partial charge in [0.15, 0.2) is 0 Å². The molecule has 9 nitrogen and oxygen atoms in total. The number of hydrogen-bond donors (Lipinski definition) is 0. The van der Waals surface area contributed by atoms with Crippen LogP contribution in [0.15, 0.2) is 12.4 Å². The SMILES string of the molecule is CC(=O)N1CC(=O)N(c2cnn(C)c2)C[C@]12CCN(C(=O)N1CCCC1)C2. The Bertz CT molecular complexity index is 771. The Morgan fingerprint density at radius 1 is 1.11 bits per heavy atom. The van der Waals surface area contributed by atoms with Gasteiger partial charge in [0.25, 0.3) is 0 Å². The van der Waals surface area contributed by atoms with Gasteiger partial charge in [0.05, 0.1) is 24.0 Å². The highest BCUT2D eigenvalue weighted by Gasteiger charge is 2.51. The van der Waals surface area contributed by atoms with E-state index in [0.29, 0.717) is 26.1 Å². The molecule has 3 aliphatic rings. The second-order valence-corrected chi connectivity index (χ2v) is 7.83. The van der Waals surface area contributed by atoms with Crippen LogP contribution in [0.3, 0.4) is 0 Å². The molecule has 4 amide bonds. The number of likely N-dealkylation sites (tertiary alicyclic amines) is 2. The smallest absolute Gasteiger partial charge is 0.320 e. The first-order valence-corrected chi connectivity index (χ1v) is 9.51. The molecule has 0 aliphatic carbocycles. The van der Waals surface area contributed by atoms with Crippen LogP contribution in [0, 0.1) is 0 Å². The summed E-state index contributed by atoms with van der Waals surface area (Å²) in [6.45, 7) is 4.61. The van der Waals surface area contributed by atoms with Crippen molar-refractivity contribution in [3.05, 3.63) is 12.4 Å². The fourth-order valence-corrected chi connectivity index (χ4v) is 4.56. The van der Waals surface area contributed by atoms with Gasteiger partial charge in [-0.1, -0.05) is 0 Å². The van der Waals surface area contributed by atoms with E-state index in [2.05, 4.69) is 5.10 Å². The van der Waals surface area contributed by atoms with E-state index in [4.69, 9.17) is 0 Å². The predicted molar refractivity (Wildman–Crippen MR) is 98.1 cm³/mol. The number of aromatic nitrogens is 2. The van der Waals surface area contributed by atoms with E-state index in [-0.39, 0.29) is 24.4 Å². The minimum Gasteiger partial charge on any atom is -0.325 e. The van der Waals surface area contributed by atoms with E-state index in [1.165, 1.54) is 6.92 Å². The maximum Gasteiger partial charge on any atom is 0.320 e.